The molecule has 5 nitrogen and oxygen atoms in total. The summed E-state index contributed by atoms with van der Waals surface area (Å²) in [5.74, 6) is 1.60. The normalized spacial score (nSPS) is 11.8. The summed E-state index contributed by atoms with van der Waals surface area (Å²) in [7, 11) is 2.04. The Kier molecular flexibility index (Phi) is 6.36. The lowest BCUT2D eigenvalue weighted by Gasteiger charge is -2.20. The molecule has 27 heavy (non-hydrogen) atoms. The zero-order valence-electron chi connectivity index (χ0n) is 16.3. The fourth-order valence-electron chi connectivity index (χ4n) is 2.74. The van der Waals surface area contributed by atoms with Gasteiger partial charge in [-0.15, -0.1) is 0 Å². The fourth-order valence-corrected chi connectivity index (χ4v) is 2.74. The van der Waals surface area contributed by atoms with Gasteiger partial charge in [0.1, 0.15) is 5.82 Å². The molecule has 0 aliphatic carbocycles. The smallest absolute Gasteiger partial charge is 0.227 e. The maximum Gasteiger partial charge on any atom is 0.227 e. The van der Waals surface area contributed by atoms with E-state index in [0.29, 0.717) is 6.04 Å². The van der Waals surface area contributed by atoms with Gasteiger partial charge in [-0.3, -0.25) is 4.98 Å². The Morgan fingerprint density at radius 1 is 1.04 bits per heavy atom. The lowest BCUT2D eigenvalue weighted by atomic mass is 10.1. The monoisotopic (exact) mass is 361 g/mol. The average molecular weight is 361 g/mol. The molecule has 2 aromatic heterocycles. The van der Waals surface area contributed by atoms with Gasteiger partial charge in [0.25, 0.3) is 0 Å². The van der Waals surface area contributed by atoms with Crippen LogP contribution in [-0.4, -0.2) is 34.6 Å². The van der Waals surface area contributed by atoms with Crippen molar-refractivity contribution in [2.45, 2.75) is 32.7 Å². The highest BCUT2D eigenvalue weighted by Gasteiger charge is 2.12. The molecule has 0 saturated heterocycles. The highest BCUT2D eigenvalue weighted by molar-refractivity contribution is 5.64. The summed E-state index contributed by atoms with van der Waals surface area (Å²) >= 11 is 0. The van der Waals surface area contributed by atoms with E-state index in [-0.39, 0.29) is 0 Å². The first-order valence-corrected chi connectivity index (χ1v) is 9.46. The Morgan fingerprint density at radius 2 is 1.78 bits per heavy atom. The van der Waals surface area contributed by atoms with Crippen molar-refractivity contribution in [3.63, 3.8) is 0 Å². The molecule has 0 fully saturated rings. The fraction of sp³-hybridized carbons (Fsp3) is 0.318. The van der Waals surface area contributed by atoms with Crippen molar-refractivity contribution in [2.75, 3.05) is 23.8 Å². The molecule has 3 aromatic rings. The summed E-state index contributed by atoms with van der Waals surface area (Å²) in [5.41, 5.74) is 3.28. The second-order valence-electron chi connectivity index (χ2n) is 6.79. The summed E-state index contributed by atoms with van der Waals surface area (Å²) in [6, 6.07) is 16.7. The molecule has 0 aliphatic rings. The van der Waals surface area contributed by atoms with E-state index in [2.05, 4.69) is 41.2 Å². The maximum absolute atomic E-state index is 4.81. The summed E-state index contributed by atoms with van der Waals surface area (Å²) in [5, 5.41) is 3.48. The number of aromatic nitrogens is 3. The zero-order chi connectivity index (χ0) is 19.1. The summed E-state index contributed by atoms with van der Waals surface area (Å²) in [4.78, 5) is 15.7. The molecule has 1 N–H and O–H groups in total. The molecule has 0 radical (unpaired) electrons. The second-order valence-corrected chi connectivity index (χ2v) is 6.79. The number of nitrogens with zero attached hydrogens (tertiary/aromatic N) is 4. The first kappa shape index (κ1) is 18.8. The van der Waals surface area contributed by atoms with Gasteiger partial charge in [-0.25, -0.2) is 4.98 Å². The molecule has 140 valence electrons. The summed E-state index contributed by atoms with van der Waals surface area (Å²) < 4.78 is 0. The van der Waals surface area contributed by atoms with E-state index in [1.54, 1.807) is 0 Å². The SMILES string of the molecule is CCC(C)Nc1cc(-c2ccccc2)nc(N(C)CCc2ccncc2)n1. The number of hydrogen-bond acceptors (Lipinski definition) is 5. The van der Waals surface area contributed by atoms with Crippen molar-refractivity contribution in [1.82, 2.24) is 15.0 Å². The van der Waals surface area contributed by atoms with Crippen molar-refractivity contribution < 1.29 is 0 Å². The molecule has 0 aliphatic heterocycles. The zero-order valence-corrected chi connectivity index (χ0v) is 16.3. The Balaban J connectivity index is 1.84. The van der Waals surface area contributed by atoms with Crippen LogP contribution in [0.25, 0.3) is 11.3 Å². The van der Waals surface area contributed by atoms with Crippen LogP contribution in [0.15, 0.2) is 60.9 Å². The molecule has 2 heterocycles. The van der Waals surface area contributed by atoms with Crippen LogP contribution in [0.1, 0.15) is 25.8 Å². The van der Waals surface area contributed by atoms with Gasteiger partial charge < -0.3 is 10.2 Å². The standard InChI is InChI=1S/C22H27N5/c1-4-17(2)24-21-16-20(19-8-6-5-7-9-19)25-22(26-21)27(3)15-12-18-10-13-23-14-11-18/h5-11,13-14,16-17H,4,12,15H2,1-3H3,(H,24,25,26). The van der Waals surface area contributed by atoms with Crippen LogP contribution in [0.3, 0.4) is 0 Å². The van der Waals surface area contributed by atoms with Crippen LogP contribution in [0.5, 0.6) is 0 Å². The third-order valence-electron chi connectivity index (χ3n) is 4.62. The number of nitrogens with one attached hydrogen (secondary N) is 1. The van der Waals surface area contributed by atoms with E-state index in [1.807, 2.05) is 55.8 Å². The van der Waals surface area contributed by atoms with E-state index < -0.39 is 0 Å². The van der Waals surface area contributed by atoms with Gasteiger partial charge in [-0.2, -0.15) is 4.98 Å². The van der Waals surface area contributed by atoms with Crippen molar-refractivity contribution in [2.24, 2.45) is 0 Å². The first-order chi connectivity index (χ1) is 13.2. The third kappa shape index (κ3) is 5.26. The van der Waals surface area contributed by atoms with Crippen molar-refractivity contribution in [3.8, 4) is 11.3 Å². The minimum Gasteiger partial charge on any atom is -0.367 e. The van der Waals surface area contributed by atoms with Gasteiger partial charge in [-0.05, 0) is 37.5 Å². The second kappa shape index (κ2) is 9.12. The van der Waals surface area contributed by atoms with Crippen molar-refractivity contribution in [1.29, 1.82) is 0 Å². The van der Waals surface area contributed by atoms with E-state index in [9.17, 15) is 0 Å². The Hall–Kier alpha value is -2.95. The van der Waals surface area contributed by atoms with Crippen LogP contribution >= 0.6 is 0 Å². The van der Waals surface area contributed by atoms with Crippen LogP contribution < -0.4 is 10.2 Å². The Labute approximate surface area is 161 Å². The average Bonchev–Trinajstić information content (AvgIpc) is 2.73. The maximum atomic E-state index is 4.81. The molecule has 0 saturated carbocycles. The van der Waals surface area contributed by atoms with Crippen LogP contribution in [0.4, 0.5) is 11.8 Å². The molecule has 1 aromatic carbocycles. The largest absolute Gasteiger partial charge is 0.367 e. The molecule has 0 amide bonds. The molecule has 0 spiro atoms. The van der Waals surface area contributed by atoms with E-state index in [1.165, 1.54) is 5.56 Å². The highest BCUT2D eigenvalue weighted by Crippen LogP contribution is 2.23. The van der Waals surface area contributed by atoms with Gasteiger partial charge in [0.05, 0.1) is 5.69 Å². The first-order valence-electron chi connectivity index (χ1n) is 9.46. The number of likely N-dealkylation sites (N-methyl/N-ethyl adjacent to an activating group) is 1. The minimum absolute atomic E-state index is 0.360. The van der Waals surface area contributed by atoms with Crippen LogP contribution in [0.2, 0.25) is 0 Å². The number of benzene rings is 1. The minimum atomic E-state index is 0.360. The Morgan fingerprint density at radius 3 is 2.48 bits per heavy atom. The molecule has 0 bridgehead atoms. The molecular weight excluding hydrogens is 334 g/mol. The molecule has 1 unspecified atom stereocenters. The van der Waals surface area contributed by atoms with Gasteiger partial charge in [0, 0.05) is 43.7 Å². The van der Waals surface area contributed by atoms with Gasteiger partial charge in [-0.1, -0.05) is 37.3 Å². The predicted molar refractivity (Wildman–Crippen MR) is 112 cm³/mol. The van der Waals surface area contributed by atoms with Crippen LogP contribution in [-0.2, 0) is 6.42 Å². The molecule has 3 rings (SSSR count). The third-order valence-corrected chi connectivity index (χ3v) is 4.62. The van der Waals surface area contributed by atoms with E-state index in [4.69, 9.17) is 9.97 Å². The van der Waals surface area contributed by atoms with Gasteiger partial charge in [0.2, 0.25) is 5.95 Å². The molecule has 1 atom stereocenters. The topological polar surface area (TPSA) is 53.9 Å². The molecule has 5 heteroatoms. The number of anilines is 2. The number of hydrogen-bond donors (Lipinski definition) is 1. The van der Waals surface area contributed by atoms with Crippen LogP contribution in [0, 0.1) is 0 Å². The summed E-state index contributed by atoms with van der Waals surface area (Å²) in [6.07, 6.45) is 5.62. The highest BCUT2D eigenvalue weighted by atomic mass is 15.2. The number of rotatable bonds is 8. The van der Waals surface area contributed by atoms with Gasteiger partial charge in [0.15, 0.2) is 0 Å². The number of pyridine rings is 1. The predicted octanol–water partition coefficient (Wildman–Crippen LogP) is 4.43. The Bertz CT molecular complexity index is 836. The van der Waals surface area contributed by atoms with E-state index in [0.717, 1.165) is 42.4 Å². The van der Waals surface area contributed by atoms with Crippen molar-refractivity contribution in [3.05, 3.63) is 66.5 Å². The summed E-state index contributed by atoms with van der Waals surface area (Å²) in [6.45, 7) is 5.17. The lowest BCUT2D eigenvalue weighted by molar-refractivity contribution is 0.756. The van der Waals surface area contributed by atoms with E-state index >= 15 is 0 Å². The lowest BCUT2D eigenvalue weighted by Crippen LogP contribution is -2.24. The molecular formula is C22H27N5. The van der Waals surface area contributed by atoms with Gasteiger partial charge >= 0.3 is 0 Å². The quantitative estimate of drug-likeness (QED) is 0.643. The van der Waals surface area contributed by atoms with Crippen molar-refractivity contribution >= 4 is 11.8 Å².